The summed E-state index contributed by atoms with van der Waals surface area (Å²) >= 11 is 0. The number of nitrogens with one attached hydrogen (secondary N) is 1. The van der Waals surface area contributed by atoms with Crippen LogP contribution in [0.1, 0.15) is 6.42 Å². The first-order valence-electron chi connectivity index (χ1n) is 7.25. The lowest BCUT2D eigenvalue weighted by Crippen LogP contribution is -2.20. The lowest BCUT2D eigenvalue weighted by atomic mass is 10.2. The van der Waals surface area contributed by atoms with E-state index in [4.69, 9.17) is 9.94 Å². The lowest BCUT2D eigenvalue weighted by molar-refractivity contribution is -0.129. The maximum absolute atomic E-state index is 11.4. The summed E-state index contributed by atoms with van der Waals surface area (Å²) in [6, 6.07) is 15.4. The minimum absolute atomic E-state index is 0.167. The number of aromatic nitrogens is 2. The van der Waals surface area contributed by atoms with Gasteiger partial charge in [0, 0.05) is 18.5 Å². The van der Waals surface area contributed by atoms with E-state index in [1.165, 1.54) is 0 Å². The van der Waals surface area contributed by atoms with Crippen LogP contribution >= 0.6 is 0 Å². The predicted octanol–water partition coefficient (Wildman–Crippen LogP) is 2.61. The van der Waals surface area contributed by atoms with Crippen molar-refractivity contribution >= 4 is 16.9 Å². The first kappa shape index (κ1) is 15.1. The number of nitrogens with zero attached hydrogens (tertiary/aromatic N) is 2. The van der Waals surface area contributed by atoms with Gasteiger partial charge in [-0.05, 0) is 36.4 Å². The number of carbonyl (C=O) groups is 1. The maximum Gasteiger partial charge on any atom is 0.245 e. The minimum Gasteiger partial charge on any atom is -0.497 e. The first-order valence-corrected chi connectivity index (χ1v) is 7.25. The minimum atomic E-state index is -0.427. The number of methoxy groups -OCH3 is 1. The van der Waals surface area contributed by atoms with Crippen molar-refractivity contribution in [1.29, 1.82) is 0 Å². The highest BCUT2D eigenvalue weighted by Gasteiger charge is 2.13. The molecule has 3 aromatic rings. The van der Waals surface area contributed by atoms with Gasteiger partial charge in [-0.25, -0.2) is 10.5 Å². The van der Waals surface area contributed by atoms with Crippen molar-refractivity contribution in [3.8, 4) is 17.1 Å². The van der Waals surface area contributed by atoms with Crippen molar-refractivity contribution in [2.24, 2.45) is 0 Å². The number of imidazole rings is 1. The van der Waals surface area contributed by atoms with Gasteiger partial charge in [0.25, 0.3) is 0 Å². The van der Waals surface area contributed by atoms with Gasteiger partial charge in [0.15, 0.2) is 0 Å². The number of hydrogen-bond acceptors (Lipinski definition) is 4. The zero-order valence-corrected chi connectivity index (χ0v) is 12.7. The second-order valence-electron chi connectivity index (χ2n) is 5.09. The van der Waals surface area contributed by atoms with E-state index in [-0.39, 0.29) is 6.42 Å². The molecule has 0 saturated carbocycles. The second-order valence-corrected chi connectivity index (χ2v) is 5.09. The van der Waals surface area contributed by atoms with Crippen LogP contribution in [0, 0.1) is 0 Å². The molecule has 0 unspecified atom stereocenters. The number of para-hydroxylation sites is 2. The number of carbonyl (C=O) groups excluding carboxylic acids is 1. The van der Waals surface area contributed by atoms with E-state index in [2.05, 4.69) is 4.98 Å². The van der Waals surface area contributed by atoms with E-state index in [1.54, 1.807) is 12.6 Å². The van der Waals surface area contributed by atoms with Crippen LogP contribution in [0.4, 0.5) is 0 Å². The quantitative estimate of drug-likeness (QED) is 0.561. The van der Waals surface area contributed by atoms with Crippen molar-refractivity contribution in [2.45, 2.75) is 13.0 Å². The van der Waals surface area contributed by atoms with E-state index in [1.807, 2.05) is 53.1 Å². The molecule has 0 aliphatic carbocycles. The standard InChI is InChI=1S/C17H17N3O3/c1-23-13-8-6-12(7-9-13)17-18-14-4-2-3-5-15(14)20(17)11-10-16(21)19-22/h2-9,22H,10-11H2,1H3,(H,19,21). The molecule has 0 radical (unpaired) electrons. The molecule has 0 atom stereocenters. The van der Waals surface area contributed by atoms with Gasteiger partial charge in [-0.1, -0.05) is 12.1 Å². The Morgan fingerprint density at radius 1 is 1.22 bits per heavy atom. The molecule has 2 N–H and O–H groups in total. The SMILES string of the molecule is COc1ccc(-c2nc3ccccc3n2CCC(=O)NO)cc1. The molecule has 6 heteroatoms. The Morgan fingerprint density at radius 3 is 2.65 bits per heavy atom. The molecule has 118 valence electrons. The molecule has 0 bridgehead atoms. The fourth-order valence-corrected chi connectivity index (χ4v) is 2.53. The van der Waals surface area contributed by atoms with Gasteiger partial charge < -0.3 is 9.30 Å². The monoisotopic (exact) mass is 311 g/mol. The van der Waals surface area contributed by atoms with Crippen LogP contribution in [-0.2, 0) is 11.3 Å². The normalized spacial score (nSPS) is 10.7. The van der Waals surface area contributed by atoms with Gasteiger partial charge >= 0.3 is 0 Å². The van der Waals surface area contributed by atoms with Gasteiger partial charge in [0.05, 0.1) is 18.1 Å². The van der Waals surface area contributed by atoms with Crippen molar-refractivity contribution in [3.63, 3.8) is 0 Å². The van der Waals surface area contributed by atoms with Gasteiger partial charge in [-0.2, -0.15) is 0 Å². The number of benzene rings is 2. The number of hydroxylamine groups is 1. The molecule has 6 nitrogen and oxygen atoms in total. The summed E-state index contributed by atoms with van der Waals surface area (Å²) in [5.74, 6) is 1.12. The largest absolute Gasteiger partial charge is 0.497 e. The summed E-state index contributed by atoms with van der Waals surface area (Å²) in [6.45, 7) is 0.425. The lowest BCUT2D eigenvalue weighted by Gasteiger charge is -2.09. The highest BCUT2D eigenvalue weighted by atomic mass is 16.5. The summed E-state index contributed by atoms with van der Waals surface area (Å²) in [6.07, 6.45) is 0.167. The predicted molar refractivity (Wildman–Crippen MR) is 86.3 cm³/mol. The Kier molecular flexibility index (Phi) is 4.25. The zero-order valence-electron chi connectivity index (χ0n) is 12.7. The highest BCUT2D eigenvalue weighted by molar-refractivity contribution is 5.81. The Balaban J connectivity index is 2.05. The van der Waals surface area contributed by atoms with Crippen LogP contribution in [0.5, 0.6) is 5.75 Å². The van der Waals surface area contributed by atoms with Gasteiger partial charge in [0.1, 0.15) is 11.6 Å². The molecule has 1 heterocycles. The van der Waals surface area contributed by atoms with Crippen LogP contribution in [0.3, 0.4) is 0 Å². The van der Waals surface area contributed by atoms with Crippen molar-refractivity contribution < 1.29 is 14.7 Å². The topological polar surface area (TPSA) is 76.4 Å². The second kappa shape index (κ2) is 6.50. The molecule has 0 aliphatic heterocycles. The maximum atomic E-state index is 11.4. The van der Waals surface area contributed by atoms with E-state index < -0.39 is 5.91 Å². The molecular formula is C17H17N3O3. The molecule has 0 fully saturated rings. The Hall–Kier alpha value is -2.86. The molecule has 1 aromatic heterocycles. The number of fused-ring (bicyclic) bond motifs is 1. The van der Waals surface area contributed by atoms with Gasteiger partial charge in [0.2, 0.25) is 5.91 Å². The third kappa shape index (κ3) is 3.02. The number of rotatable bonds is 5. The molecule has 0 saturated heterocycles. The fraction of sp³-hybridized carbons (Fsp3) is 0.176. The molecule has 1 amide bonds. The third-order valence-corrected chi connectivity index (χ3v) is 3.69. The third-order valence-electron chi connectivity index (χ3n) is 3.69. The summed E-state index contributed by atoms with van der Waals surface area (Å²) in [5.41, 5.74) is 4.41. The summed E-state index contributed by atoms with van der Waals surface area (Å²) < 4.78 is 7.16. The number of aryl methyl sites for hydroxylation is 1. The van der Waals surface area contributed by atoms with Crippen LogP contribution in [0.2, 0.25) is 0 Å². The van der Waals surface area contributed by atoms with E-state index >= 15 is 0 Å². The van der Waals surface area contributed by atoms with Crippen LogP contribution < -0.4 is 10.2 Å². The summed E-state index contributed by atoms with van der Waals surface area (Å²) in [4.78, 5) is 16.0. The molecule has 3 rings (SSSR count). The first-order chi connectivity index (χ1) is 11.2. The number of amides is 1. The number of hydrogen-bond donors (Lipinski definition) is 2. The fourth-order valence-electron chi connectivity index (χ4n) is 2.53. The molecule has 0 spiro atoms. The number of ether oxygens (including phenoxy) is 1. The average molecular weight is 311 g/mol. The van der Waals surface area contributed by atoms with Crippen molar-refractivity contribution in [2.75, 3.05) is 7.11 Å². The molecule has 23 heavy (non-hydrogen) atoms. The molecule has 0 aliphatic rings. The Labute approximate surface area is 133 Å². The highest BCUT2D eigenvalue weighted by Crippen LogP contribution is 2.26. The zero-order chi connectivity index (χ0) is 16.2. The van der Waals surface area contributed by atoms with Crippen LogP contribution in [0.15, 0.2) is 48.5 Å². The van der Waals surface area contributed by atoms with Crippen LogP contribution in [0.25, 0.3) is 22.4 Å². The van der Waals surface area contributed by atoms with E-state index in [0.717, 1.165) is 28.2 Å². The average Bonchev–Trinajstić information content (AvgIpc) is 2.98. The van der Waals surface area contributed by atoms with Gasteiger partial charge in [-0.3, -0.25) is 10.0 Å². The summed E-state index contributed by atoms with van der Waals surface area (Å²) in [5, 5.41) is 8.68. The Morgan fingerprint density at radius 2 is 1.96 bits per heavy atom. The Bertz CT molecular complexity index is 825. The van der Waals surface area contributed by atoms with E-state index in [9.17, 15) is 4.79 Å². The van der Waals surface area contributed by atoms with E-state index in [0.29, 0.717) is 6.54 Å². The van der Waals surface area contributed by atoms with Crippen molar-refractivity contribution in [3.05, 3.63) is 48.5 Å². The van der Waals surface area contributed by atoms with Crippen LogP contribution in [-0.4, -0.2) is 27.8 Å². The summed E-state index contributed by atoms with van der Waals surface area (Å²) in [7, 11) is 1.62. The van der Waals surface area contributed by atoms with Crippen molar-refractivity contribution in [1.82, 2.24) is 15.0 Å². The smallest absolute Gasteiger partial charge is 0.245 e. The molecule has 2 aromatic carbocycles. The van der Waals surface area contributed by atoms with Gasteiger partial charge in [-0.15, -0.1) is 0 Å². The molecular weight excluding hydrogens is 294 g/mol.